The zero-order valence-corrected chi connectivity index (χ0v) is 14.3. The molecule has 0 N–H and O–H groups in total. The van der Waals surface area contributed by atoms with E-state index in [1.165, 1.54) is 18.7 Å². The molecule has 0 bridgehead atoms. The lowest BCUT2D eigenvalue weighted by molar-refractivity contribution is 0.310. The van der Waals surface area contributed by atoms with Crippen molar-refractivity contribution >= 4 is 16.6 Å². The molecule has 0 radical (unpaired) electrons. The van der Waals surface area contributed by atoms with Crippen LogP contribution in [0.2, 0.25) is 0 Å². The van der Waals surface area contributed by atoms with Gasteiger partial charge in [-0.15, -0.1) is 0 Å². The molecule has 124 valence electrons. The van der Waals surface area contributed by atoms with Gasteiger partial charge in [0.05, 0.1) is 24.0 Å². The van der Waals surface area contributed by atoms with E-state index in [0.717, 1.165) is 55.7 Å². The number of ether oxygens (including phenoxy) is 1. The summed E-state index contributed by atoms with van der Waals surface area (Å²) in [6.45, 7) is 7.41. The summed E-state index contributed by atoms with van der Waals surface area (Å²) in [5, 5.41) is 1.16. The molecule has 4 nitrogen and oxygen atoms in total. The molecule has 2 aromatic rings. The van der Waals surface area contributed by atoms with Crippen molar-refractivity contribution in [2.24, 2.45) is 0 Å². The van der Waals surface area contributed by atoms with Crippen LogP contribution in [0.25, 0.3) is 10.9 Å². The van der Waals surface area contributed by atoms with E-state index >= 15 is 0 Å². The number of anilines is 1. The Labute approximate surface area is 139 Å². The number of fused-ring (bicyclic) bond motifs is 1. The highest BCUT2D eigenvalue weighted by molar-refractivity contribution is 5.83. The van der Waals surface area contributed by atoms with E-state index in [4.69, 9.17) is 4.74 Å². The van der Waals surface area contributed by atoms with Crippen molar-refractivity contribution in [1.82, 2.24) is 9.88 Å². The second kappa shape index (κ2) is 7.64. The van der Waals surface area contributed by atoms with Gasteiger partial charge in [0.15, 0.2) is 0 Å². The Hall–Kier alpha value is -1.81. The van der Waals surface area contributed by atoms with Crippen LogP contribution >= 0.6 is 0 Å². The molecule has 1 saturated heterocycles. The summed E-state index contributed by atoms with van der Waals surface area (Å²) in [7, 11) is 2.20. The van der Waals surface area contributed by atoms with Crippen molar-refractivity contribution in [3.63, 3.8) is 0 Å². The highest BCUT2D eigenvalue weighted by Crippen LogP contribution is 2.24. The Morgan fingerprint density at radius 2 is 2.04 bits per heavy atom. The standard InChI is InChI=1S/C19H27N3O/c1-3-4-12-23-18-6-7-19-16(14-18)13-17(15-20-19)22-9-5-8-21(2)10-11-22/h6-7,13-15H,3-5,8-12H2,1-2H3. The van der Waals surface area contributed by atoms with Gasteiger partial charge in [0.25, 0.3) is 0 Å². The Morgan fingerprint density at radius 1 is 1.13 bits per heavy atom. The van der Waals surface area contributed by atoms with Crippen LogP contribution in [0.1, 0.15) is 26.2 Å². The molecule has 1 aliphatic rings. The van der Waals surface area contributed by atoms with Gasteiger partial charge in [-0.25, -0.2) is 0 Å². The molecule has 0 aliphatic carbocycles. The van der Waals surface area contributed by atoms with Crippen LogP contribution in [0.15, 0.2) is 30.5 Å². The molecule has 0 spiro atoms. The lowest BCUT2D eigenvalue weighted by atomic mass is 10.2. The minimum Gasteiger partial charge on any atom is -0.494 e. The fraction of sp³-hybridized carbons (Fsp3) is 0.526. The number of benzene rings is 1. The van der Waals surface area contributed by atoms with Crippen molar-refractivity contribution in [2.45, 2.75) is 26.2 Å². The van der Waals surface area contributed by atoms with Crippen LogP contribution in [0.4, 0.5) is 5.69 Å². The van der Waals surface area contributed by atoms with Gasteiger partial charge in [-0.2, -0.15) is 0 Å². The average molecular weight is 313 g/mol. The molecule has 1 aromatic carbocycles. The third kappa shape index (κ3) is 4.14. The summed E-state index contributed by atoms with van der Waals surface area (Å²) < 4.78 is 5.83. The molecule has 3 rings (SSSR count). The van der Waals surface area contributed by atoms with E-state index < -0.39 is 0 Å². The van der Waals surface area contributed by atoms with Crippen molar-refractivity contribution < 1.29 is 4.74 Å². The predicted molar refractivity (Wildman–Crippen MR) is 96.5 cm³/mol. The number of aromatic nitrogens is 1. The smallest absolute Gasteiger partial charge is 0.120 e. The van der Waals surface area contributed by atoms with Gasteiger partial charge < -0.3 is 14.5 Å². The first-order chi connectivity index (χ1) is 11.3. The van der Waals surface area contributed by atoms with Gasteiger partial charge in [-0.3, -0.25) is 4.98 Å². The molecule has 0 atom stereocenters. The number of likely N-dealkylation sites (N-methyl/N-ethyl adjacent to an activating group) is 1. The van der Waals surface area contributed by atoms with Crippen LogP contribution in [0.5, 0.6) is 5.75 Å². The van der Waals surface area contributed by atoms with Gasteiger partial charge in [0.2, 0.25) is 0 Å². The SMILES string of the molecule is CCCCOc1ccc2ncc(N3CCCN(C)CC3)cc2c1. The Bertz CT molecular complexity index is 644. The van der Waals surface area contributed by atoms with Gasteiger partial charge in [0.1, 0.15) is 5.75 Å². The maximum Gasteiger partial charge on any atom is 0.120 e. The molecular weight excluding hydrogens is 286 g/mol. The first-order valence-corrected chi connectivity index (χ1v) is 8.72. The highest BCUT2D eigenvalue weighted by atomic mass is 16.5. The van der Waals surface area contributed by atoms with Crippen LogP contribution in [0.3, 0.4) is 0 Å². The molecular formula is C19H27N3O. The van der Waals surface area contributed by atoms with Crippen molar-refractivity contribution in [2.75, 3.05) is 44.7 Å². The molecule has 4 heteroatoms. The van der Waals surface area contributed by atoms with Gasteiger partial charge in [-0.1, -0.05) is 13.3 Å². The fourth-order valence-electron chi connectivity index (χ4n) is 3.00. The normalized spacial score (nSPS) is 16.5. The summed E-state index contributed by atoms with van der Waals surface area (Å²) in [4.78, 5) is 9.47. The molecule has 0 saturated carbocycles. The number of hydrogen-bond donors (Lipinski definition) is 0. The third-order valence-electron chi connectivity index (χ3n) is 4.49. The molecule has 1 aromatic heterocycles. The monoisotopic (exact) mass is 313 g/mol. The van der Waals surface area contributed by atoms with Gasteiger partial charge in [0, 0.05) is 25.0 Å². The number of pyridine rings is 1. The number of nitrogens with zero attached hydrogens (tertiary/aromatic N) is 3. The van der Waals surface area contributed by atoms with Gasteiger partial charge in [-0.05, 0) is 50.7 Å². The van der Waals surface area contributed by atoms with Crippen LogP contribution in [0, 0.1) is 0 Å². The summed E-state index contributed by atoms with van der Waals surface area (Å²) >= 11 is 0. The first kappa shape index (κ1) is 16.1. The summed E-state index contributed by atoms with van der Waals surface area (Å²) in [6, 6.07) is 8.44. The Morgan fingerprint density at radius 3 is 2.91 bits per heavy atom. The topological polar surface area (TPSA) is 28.6 Å². The summed E-state index contributed by atoms with van der Waals surface area (Å²) in [5.74, 6) is 0.945. The van der Waals surface area contributed by atoms with E-state index in [-0.39, 0.29) is 0 Å². The lowest BCUT2D eigenvalue weighted by Gasteiger charge is -2.22. The first-order valence-electron chi connectivity index (χ1n) is 8.72. The van der Waals surface area contributed by atoms with E-state index in [0.29, 0.717) is 0 Å². The third-order valence-corrected chi connectivity index (χ3v) is 4.49. The Balaban J connectivity index is 1.79. The van der Waals surface area contributed by atoms with Crippen molar-refractivity contribution in [1.29, 1.82) is 0 Å². The van der Waals surface area contributed by atoms with Crippen LogP contribution < -0.4 is 9.64 Å². The number of hydrogen-bond acceptors (Lipinski definition) is 4. The molecule has 1 fully saturated rings. The predicted octanol–water partition coefficient (Wildman–Crippen LogP) is 3.56. The summed E-state index contributed by atoms with van der Waals surface area (Å²) in [5.41, 5.74) is 2.25. The zero-order chi connectivity index (χ0) is 16.1. The second-order valence-electron chi connectivity index (χ2n) is 6.39. The molecule has 1 aliphatic heterocycles. The average Bonchev–Trinajstić information content (AvgIpc) is 2.79. The highest BCUT2D eigenvalue weighted by Gasteiger charge is 2.13. The van der Waals surface area contributed by atoms with Gasteiger partial charge >= 0.3 is 0 Å². The summed E-state index contributed by atoms with van der Waals surface area (Å²) in [6.07, 6.45) is 5.46. The minimum atomic E-state index is 0.785. The zero-order valence-electron chi connectivity index (χ0n) is 14.3. The number of rotatable bonds is 5. The van der Waals surface area contributed by atoms with Crippen molar-refractivity contribution in [3.05, 3.63) is 30.5 Å². The minimum absolute atomic E-state index is 0.785. The van der Waals surface area contributed by atoms with E-state index in [1.807, 2.05) is 12.3 Å². The van der Waals surface area contributed by atoms with E-state index in [9.17, 15) is 0 Å². The molecule has 23 heavy (non-hydrogen) atoms. The lowest BCUT2D eigenvalue weighted by Crippen LogP contribution is -2.28. The quantitative estimate of drug-likeness (QED) is 0.789. The van der Waals surface area contributed by atoms with E-state index in [1.54, 1.807) is 0 Å². The number of unbranched alkanes of at least 4 members (excludes halogenated alkanes) is 1. The molecule has 0 unspecified atom stereocenters. The van der Waals surface area contributed by atoms with E-state index in [2.05, 4.69) is 47.0 Å². The fourth-order valence-corrected chi connectivity index (χ4v) is 3.00. The molecule has 0 amide bonds. The van der Waals surface area contributed by atoms with Crippen LogP contribution in [-0.2, 0) is 0 Å². The maximum atomic E-state index is 5.83. The Kier molecular flexibility index (Phi) is 5.34. The molecule has 2 heterocycles. The largest absolute Gasteiger partial charge is 0.494 e. The second-order valence-corrected chi connectivity index (χ2v) is 6.39. The van der Waals surface area contributed by atoms with Crippen molar-refractivity contribution in [3.8, 4) is 5.75 Å². The maximum absolute atomic E-state index is 5.83. The van der Waals surface area contributed by atoms with Crippen LogP contribution in [-0.4, -0.2) is 49.7 Å².